The largest absolute Gasteiger partial charge is 0.422 e. The minimum absolute atomic E-state index is 0.235. The van der Waals surface area contributed by atoms with Crippen LogP contribution < -0.4 is 15.5 Å². The molecule has 1 saturated heterocycles. The number of rotatable bonds is 8. The van der Waals surface area contributed by atoms with Crippen LogP contribution in [0.2, 0.25) is 0 Å². The number of alkyl halides is 3. The first-order chi connectivity index (χ1) is 15.3. The summed E-state index contributed by atoms with van der Waals surface area (Å²) in [5.41, 5.74) is 2.40. The van der Waals surface area contributed by atoms with Gasteiger partial charge in [0.05, 0.1) is 6.10 Å². The number of anilines is 2. The van der Waals surface area contributed by atoms with Crippen LogP contribution in [0.5, 0.6) is 0 Å². The number of oxazole rings is 1. The summed E-state index contributed by atoms with van der Waals surface area (Å²) in [5.74, 6) is -0.235. The molecule has 3 heterocycles. The normalized spacial score (nSPS) is 15.4. The van der Waals surface area contributed by atoms with E-state index in [9.17, 15) is 18.0 Å². The van der Waals surface area contributed by atoms with Crippen LogP contribution in [-0.4, -0.2) is 60.4 Å². The van der Waals surface area contributed by atoms with Crippen LogP contribution >= 0.6 is 0 Å². The van der Waals surface area contributed by atoms with E-state index in [-0.39, 0.29) is 5.91 Å². The van der Waals surface area contributed by atoms with E-state index < -0.39 is 18.4 Å². The Hall–Kier alpha value is -3.34. The second-order valence-electron chi connectivity index (χ2n) is 7.42. The summed E-state index contributed by atoms with van der Waals surface area (Å²) in [6.45, 7) is 2.54. The smallest absolute Gasteiger partial charge is 0.414 e. The fourth-order valence-corrected chi connectivity index (χ4v) is 3.22. The third-order valence-electron chi connectivity index (χ3n) is 5.05. The number of amides is 1. The standard InChI is InChI=1S/C21H22F3N5O3/c1-13(21(22,23)24)31-16-11-29(12-16)15-6-4-14(5-7-15)19(30)26-9-10-27-20-28-18-17(32-20)3-2-8-25-18/h2-8,13,16H,9-12H2,1H3,(H,26,30)(H,25,27,28). The fourth-order valence-electron chi connectivity index (χ4n) is 3.22. The van der Waals surface area contributed by atoms with Crippen LogP contribution in [-0.2, 0) is 4.74 Å². The summed E-state index contributed by atoms with van der Waals surface area (Å²) in [6.07, 6.45) is -4.97. The lowest BCUT2D eigenvalue weighted by Gasteiger charge is -2.42. The van der Waals surface area contributed by atoms with Crippen molar-refractivity contribution in [3.63, 3.8) is 0 Å². The summed E-state index contributed by atoms with van der Waals surface area (Å²) in [4.78, 5) is 22.5. The quantitative estimate of drug-likeness (QED) is 0.510. The molecular weight excluding hydrogens is 427 g/mol. The average Bonchev–Trinajstić information content (AvgIpc) is 3.15. The molecule has 1 atom stereocenters. The zero-order chi connectivity index (χ0) is 22.7. The van der Waals surface area contributed by atoms with Crippen molar-refractivity contribution in [1.82, 2.24) is 15.3 Å². The summed E-state index contributed by atoms with van der Waals surface area (Å²) in [7, 11) is 0. The van der Waals surface area contributed by atoms with E-state index in [1.54, 1.807) is 42.6 Å². The molecule has 170 valence electrons. The fraction of sp³-hybridized carbons (Fsp3) is 0.381. The molecule has 0 bridgehead atoms. The number of hydrogen-bond donors (Lipinski definition) is 2. The Balaban J connectivity index is 1.19. The number of ether oxygens (including phenoxy) is 1. The Morgan fingerprint density at radius 3 is 2.69 bits per heavy atom. The number of nitrogens with one attached hydrogen (secondary N) is 2. The molecule has 4 rings (SSSR count). The molecule has 2 aromatic heterocycles. The Morgan fingerprint density at radius 1 is 1.25 bits per heavy atom. The first kappa shape index (κ1) is 21.9. The number of nitrogens with zero attached hydrogens (tertiary/aromatic N) is 3. The molecular formula is C21H22F3N5O3. The molecule has 0 spiro atoms. The van der Waals surface area contributed by atoms with Gasteiger partial charge in [0.15, 0.2) is 11.7 Å². The monoisotopic (exact) mass is 449 g/mol. The molecule has 2 N–H and O–H groups in total. The highest BCUT2D eigenvalue weighted by Gasteiger charge is 2.41. The van der Waals surface area contributed by atoms with E-state index in [1.807, 2.05) is 4.90 Å². The maximum Gasteiger partial charge on any atom is 0.414 e. The van der Waals surface area contributed by atoms with Crippen molar-refractivity contribution < 1.29 is 27.1 Å². The second-order valence-corrected chi connectivity index (χ2v) is 7.42. The van der Waals surface area contributed by atoms with Gasteiger partial charge in [-0.05, 0) is 43.3 Å². The number of aromatic nitrogens is 2. The Labute approximate surface area is 181 Å². The molecule has 1 unspecified atom stereocenters. The summed E-state index contributed by atoms with van der Waals surface area (Å²) in [6, 6.07) is 10.7. The molecule has 1 aliphatic heterocycles. The van der Waals surface area contributed by atoms with Crippen molar-refractivity contribution in [2.45, 2.75) is 25.3 Å². The third-order valence-corrected chi connectivity index (χ3v) is 5.05. The van der Waals surface area contributed by atoms with Crippen molar-refractivity contribution in [3.05, 3.63) is 48.2 Å². The van der Waals surface area contributed by atoms with Gasteiger partial charge >= 0.3 is 6.18 Å². The summed E-state index contributed by atoms with van der Waals surface area (Å²) < 4.78 is 48.2. The van der Waals surface area contributed by atoms with Crippen LogP contribution in [0.1, 0.15) is 17.3 Å². The molecule has 0 saturated carbocycles. The van der Waals surface area contributed by atoms with E-state index in [2.05, 4.69) is 20.6 Å². The number of carbonyl (C=O) groups is 1. The lowest BCUT2D eigenvalue weighted by molar-refractivity contribution is -0.228. The molecule has 1 aliphatic rings. The van der Waals surface area contributed by atoms with Gasteiger partial charge in [-0.15, -0.1) is 0 Å². The number of carbonyl (C=O) groups excluding carboxylic acids is 1. The van der Waals surface area contributed by atoms with Crippen molar-refractivity contribution >= 4 is 28.8 Å². The van der Waals surface area contributed by atoms with E-state index in [1.165, 1.54) is 0 Å². The van der Waals surface area contributed by atoms with Crippen LogP contribution in [0.3, 0.4) is 0 Å². The number of pyridine rings is 1. The van der Waals surface area contributed by atoms with E-state index in [4.69, 9.17) is 9.15 Å². The highest BCUT2D eigenvalue weighted by Crippen LogP contribution is 2.28. The Bertz CT molecular complexity index is 1030. The average molecular weight is 449 g/mol. The van der Waals surface area contributed by atoms with Crippen molar-refractivity contribution in [3.8, 4) is 0 Å². The summed E-state index contributed by atoms with van der Waals surface area (Å²) >= 11 is 0. The maximum absolute atomic E-state index is 12.6. The van der Waals surface area contributed by atoms with Crippen molar-refractivity contribution in [1.29, 1.82) is 0 Å². The van der Waals surface area contributed by atoms with Gasteiger partial charge in [-0.25, -0.2) is 4.98 Å². The lowest BCUT2D eigenvalue weighted by Crippen LogP contribution is -2.54. The van der Waals surface area contributed by atoms with E-state index >= 15 is 0 Å². The van der Waals surface area contributed by atoms with Crippen molar-refractivity contribution in [2.24, 2.45) is 0 Å². The molecule has 32 heavy (non-hydrogen) atoms. The molecule has 0 radical (unpaired) electrons. The van der Waals surface area contributed by atoms with Gasteiger partial charge in [-0.3, -0.25) is 4.79 Å². The Kier molecular flexibility index (Phi) is 6.17. The van der Waals surface area contributed by atoms with Crippen LogP contribution in [0, 0.1) is 0 Å². The van der Waals surface area contributed by atoms with Crippen LogP contribution in [0.4, 0.5) is 24.9 Å². The number of halogens is 3. The molecule has 3 aromatic rings. The predicted octanol–water partition coefficient (Wildman–Crippen LogP) is 3.22. The topological polar surface area (TPSA) is 92.5 Å². The van der Waals surface area contributed by atoms with Gasteiger partial charge in [-0.1, -0.05) is 0 Å². The lowest BCUT2D eigenvalue weighted by atomic mass is 10.1. The molecule has 1 amide bonds. The molecule has 0 aliphatic carbocycles. The highest BCUT2D eigenvalue weighted by molar-refractivity contribution is 5.94. The van der Waals surface area contributed by atoms with E-state index in [0.717, 1.165) is 12.6 Å². The van der Waals surface area contributed by atoms with Gasteiger partial charge in [0.25, 0.3) is 11.9 Å². The molecule has 11 heteroatoms. The highest BCUT2D eigenvalue weighted by atomic mass is 19.4. The Morgan fingerprint density at radius 2 is 2.00 bits per heavy atom. The first-order valence-corrected chi connectivity index (χ1v) is 10.1. The van der Waals surface area contributed by atoms with Gasteiger partial charge in [0.2, 0.25) is 5.65 Å². The van der Waals surface area contributed by atoms with Gasteiger partial charge in [0, 0.05) is 43.6 Å². The zero-order valence-electron chi connectivity index (χ0n) is 17.2. The summed E-state index contributed by atoms with van der Waals surface area (Å²) in [5, 5.41) is 5.78. The zero-order valence-corrected chi connectivity index (χ0v) is 17.2. The van der Waals surface area contributed by atoms with Crippen LogP contribution in [0.25, 0.3) is 11.2 Å². The van der Waals surface area contributed by atoms with Crippen LogP contribution in [0.15, 0.2) is 47.0 Å². The molecule has 1 aromatic carbocycles. The third kappa shape index (κ3) is 5.10. The minimum Gasteiger partial charge on any atom is -0.422 e. The number of benzene rings is 1. The SMILES string of the molecule is CC(OC1CN(c2ccc(C(=O)NCCNc3nc4ncccc4o3)cc2)C1)C(F)(F)F. The molecule has 1 fully saturated rings. The van der Waals surface area contributed by atoms with Gasteiger partial charge in [-0.2, -0.15) is 18.2 Å². The number of hydrogen-bond acceptors (Lipinski definition) is 7. The first-order valence-electron chi connectivity index (χ1n) is 10.1. The minimum atomic E-state index is -4.36. The van der Waals surface area contributed by atoms with Gasteiger partial charge in [0.1, 0.15) is 0 Å². The second kappa shape index (κ2) is 9.03. The predicted molar refractivity (Wildman–Crippen MR) is 112 cm³/mol. The maximum atomic E-state index is 12.6. The molecule has 8 nitrogen and oxygen atoms in total. The van der Waals surface area contributed by atoms with Gasteiger partial charge < -0.3 is 24.7 Å². The van der Waals surface area contributed by atoms with E-state index in [0.29, 0.717) is 49.0 Å². The number of fused-ring (bicyclic) bond motifs is 1. The van der Waals surface area contributed by atoms with Crippen molar-refractivity contribution in [2.75, 3.05) is 36.4 Å².